The van der Waals surface area contributed by atoms with Crippen LogP contribution in [0.15, 0.2) is 54.6 Å². The summed E-state index contributed by atoms with van der Waals surface area (Å²) in [6, 6.07) is 18.5. The minimum absolute atomic E-state index is 0. The number of nitrogens with zero attached hydrogens (tertiary/aromatic N) is 1. The van der Waals surface area contributed by atoms with E-state index in [-0.39, 0.29) is 18.2 Å². The maximum absolute atomic E-state index is 12.7. The molecule has 0 N–H and O–H groups in total. The molecule has 1 heterocycles. The quantitative estimate of drug-likeness (QED) is 0.598. The molecule has 0 fully saturated rings. The van der Waals surface area contributed by atoms with Crippen molar-refractivity contribution in [1.29, 1.82) is 0 Å². The topological polar surface area (TPSA) is 20.3 Å². The Bertz CT molecular complexity index is 795. The van der Waals surface area contributed by atoms with E-state index in [1.807, 2.05) is 49.3 Å². The van der Waals surface area contributed by atoms with Gasteiger partial charge in [0, 0.05) is 28.6 Å². The zero-order chi connectivity index (χ0) is 15.5. The Labute approximate surface area is 147 Å². The van der Waals surface area contributed by atoms with Crippen LogP contribution in [-0.4, -0.2) is 31.3 Å². The minimum Gasteiger partial charge on any atom is -0.309 e. The van der Waals surface area contributed by atoms with Gasteiger partial charge in [0.25, 0.3) is 0 Å². The number of fused-ring (bicyclic) bond motifs is 1. The van der Waals surface area contributed by atoms with E-state index in [1.54, 1.807) is 11.3 Å². The number of thiophene rings is 1. The van der Waals surface area contributed by atoms with E-state index < -0.39 is 0 Å². The average molecular weight is 346 g/mol. The lowest BCUT2D eigenvalue weighted by Gasteiger charge is -2.09. The first-order chi connectivity index (χ1) is 10.7. The number of Topliss-reactive ketones (excluding diaryl/α,β-unsaturated/α-hetero) is 1. The Hall–Kier alpha value is -1.68. The summed E-state index contributed by atoms with van der Waals surface area (Å²) in [5.74, 6) is 0.230. The summed E-state index contributed by atoms with van der Waals surface area (Å²) in [6.07, 6.45) is 0.555. The van der Waals surface area contributed by atoms with E-state index in [0.29, 0.717) is 6.42 Å². The highest BCUT2D eigenvalue weighted by Crippen LogP contribution is 2.39. The van der Waals surface area contributed by atoms with E-state index in [9.17, 15) is 4.79 Å². The Morgan fingerprint density at radius 1 is 1.00 bits per heavy atom. The molecule has 0 saturated heterocycles. The summed E-state index contributed by atoms with van der Waals surface area (Å²) in [4.78, 5) is 15.6. The molecule has 23 heavy (non-hydrogen) atoms. The molecule has 0 atom stereocenters. The van der Waals surface area contributed by atoms with Crippen LogP contribution in [0.3, 0.4) is 0 Å². The van der Waals surface area contributed by atoms with Gasteiger partial charge in [-0.2, -0.15) is 0 Å². The molecule has 0 aliphatic carbocycles. The summed E-state index contributed by atoms with van der Waals surface area (Å²) in [5, 5.41) is 1.17. The summed E-state index contributed by atoms with van der Waals surface area (Å²) in [7, 11) is 3.99. The normalized spacial score (nSPS) is 10.7. The number of benzene rings is 2. The van der Waals surface area contributed by atoms with E-state index >= 15 is 0 Å². The lowest BCUT2D eigenvalue weighted by Crippen LogP contribution is -2.16. The molecule has 1 aromatic heterocycles. The fourth-order valence-electron chi connectivity index (χ4n) is 2.57. The fraction of sp³-hybridized carbons (Fsp3) is 0.211. The molecule has 0 spiro atoms. The smallest absolute Gasteiger partial charge is 0.174 e. The third-order valence-electron chi connectivity index (χ3n) is 3.70. The fourth-order valence-corrected chi connectivity index (χ4v) is 3.76. The molecule has 0 aliphatic heterocycles. The number of carbonyl (C=O) groups is 1. The molecule has 0 saturated carbocycles. The molecule has 3 rings (SSSR count). The average Bonchev–Trinajstić information content (AvgIpc) is 2.93. The summed E-state index contributed by atoms with van der Waals surface area (Å²) >= 11 is 1.61. The van der Waals surface area contributed by atoms with Gasteiger partial charge in [0.2, 0.25) is 0 Å². The lowest BCUT2D eigenvalue weighted by atomic mass is 10.00. The Morgan fingerprint density at radius 2 is 1.65 bits per heavy atom. The maximum Gasteiger partial charge on any atom is 0.174 e. The van der Waals surface area contributed by atoms with Crippen LogP contribution in [0.5, 0.6) is 0 Å². The molecule has 120 valence electrons. The van der Waals surface area contributed by atoms with Gasteiger partial charge in [0.1, 0.15) is 0 Å². The van der Waals surface area contributed by atoms with Crippen LogP contribution < -0.4 is 0 Å². The first-order valence-corrected chi connectivity index (χ1v) is 8.23. The van der Waals surface area contributed by atoms with Gasteiger partial charge in [-0.05, 0) is 25.7 Å². The van der Waals surface area contributed by atoms with Gasteiger partial charge in [0.15, 0.2) is 5.78 Å². The molecule has 0 bridgehead atoms. The highest BCUT2D eigenvalue weighted by Gasteiger charge is 2.19. The second kappa shape index (κ2) is 7.73. The van der Waals surface area contributed by atoms with Gasteiger partial charge in [-0.15, -0.1) is 23.7 Å². The predicted molar refractivity (Wildman–Crippen MR) is 102 cm³/mol. The SMILES string of the molecule is CN(C)CCC(=O)c1sc2ccccc2c1-c1ccccc1.Cl. The lowest BCUT2D eigenvalue weighted by molar-refractivity contribution is 0.0977. The number of ketones is 1. The van der Waals surface area contributed by atoms with E-state index in [2.05, 4.69) is 24.3 Å². The van der Waals surface area contributed by atoms with Crippen LogP contribution in [-0.2, 0) is 0 Å². The largest absolute Gasteiger partial charge is 0.309 e. The number of hydrogen-bond acceptors (Lipinski definition) is 3. The molecule has 2 aromatic carbocycles. The number of carbonyl (C=O) groups excluding carboxylic acids is 1. The third kappa shape index (κ3) is 3.81. The molecule has 2 nitrogen and oxygen atoms in total. The second-order valence-electron chi connectivity index (χ2n) is 5.64. The van der Waals surface area contributed by atoms with Gasteiger partial charge in [-0.1, -0.05) is 48.5 Å². The molecular weight excluding hydrogens is 326 g/mol. The van der Waals surface area contributed by atoms with Crippen LogP contribution in [0.2, 0.25) is 0 Å². The van der Waals surface area contributed by atoms with Gasteiger partial charge >= 0.3 is 0 Å². The first-order valence-electron chi connectivity index (χ1n) is 7.41. The third-order valence-corrected chi connectivity index (χ3v) is 4.91. The van der Waals surface area contributed by atoms with Crippen molar-refractivity contribution < 1.29 is 4.79 Å². The van der Waals surface area contributed by atoms with Crippen molar-refractivity contribution in [2.75, 3.05) is 20.6 Å². The van der Waals surface area contributed by atoms with Crippen molar-refractivity contribution in [3.63, 3.8) is 0 Å². The summed E-state index contributed by atoms with van der Waals surface area (Å²) < 4.78 is 1.18. The van der Waals surface area contributed by atoms with E-state index in [0.717, 1.165) is 22.5 Å². The van der Waals surface area contributed by atoms with Gasteiger partial charge in [0.05, 0.1) is 4.88 Å². The van der Waals surface area contributed by atoms with Crippen molar-refractivity contribution in [3.05, 3.63) is 59.5 Å². The van der Waals surface area contributed by atoms with Crippen molar-refractivity contribution in [1.82, 2.24) is 4.90 Å². The van der Waals surface area contributed by atoms with E-state index in [4.69, 9.17) is 0 Å². The standard InChI is InChI=1S/C19H19NOS.ClH/c1-20(2)13-12-16(21)19-18(14-8-4-3-5-9-14)15-10-6-7-11-17(15)22-19;/h3-11H,12-13H2,1-2H3;1H. The Morgan fingerprint density at radius 3 is 2.35 bits per heavy atom. The molecule has 0 unspecified atom stereocenters. The Kier molecular flexibility index (Phi) is 5.94. The molecule has 0 amide bonds. The van der Waals surface area contributed by atoms with Crippen LogP contribution in [0.4, 0.5) is 0 Å². The zero-order valence-corrected chi connectivity index (χ0v) is 14.9. The summed E-state index contributed by atoms with van der Waals surface area (Å²) in [6.45, 7) is 0.779. The Balaban J connectivity index is 0.00000192. The van der Waals surface area contributed by atoms with Gasteiger partial charge < -0.3 is 4.90 Å². The number of halogens is 1. The van der Waals surface area contributed by atoms with E-state index in [1.165, 1.54) is 10.1 Å². The zero-order valence-electron chi connectivity index (χ0n) is 13.3. The molecular formula is C19H20ClNOS. The first kappa shape index (κ1) is 17.7. The minimum atomic E-state index is 0. The van der Waals surface area contributed by atoms with Gasteiger partial charge in [-0.25, -0.2) is 0 Å². The van der Waals surface area contributed by atoms with Crippen LogP contribution in [0.25, 0.3) is 21.2 Å². The van der Waals surface area contributed by atoms with Crippen molar-refractivity contribution in [2.24, 2.45) is 0 Å². The molecule has 3 aromatic rings. The highest BCUT2D eigenvalue weighted by atomic mass is 35.5. The monoisotopic (exact) mass is 345 g/mol. The van der Waals surface area contributed by atoms with Crippen LogP contribution in [0, 0.1) is 0 Å². The van der Waals surface area contributed by atoms with Crippen LogP contribution in [0.1, 0.15) is 16.1 Å². The van der Waals surface area contributed by atoms with Crippen molar-refractivity contribution >= 4 is 39.6 Å². The van der Waals surface area contributed by atoms with Crippen molar-refractivity contribution in [2.45, 2.75) is 6.42 Å². The highest BCUT2D eigenvalue weighted by molar-refractivity contribution is 7.21. The molecule has 4 heteroatoms. The number of rotatable bonds is 5. The summed E-state index contributed by atoms with van der Waals surface area (Å²) in [5.41, 5.74) is 2.21. The van der Waals surface area contributed by atoms with Crippen LogP contribution >= 0.6 is 23.7 Å². The molecule has 0 aliphatic rings. The predicted octanol–water partition coefficient (Wildman–Crippen LogP) is 5.12. The van der Waals surface area contributed by atoms with Crippen molar-refractivity contribution in [3.8, 4) is 11.1 Å². The maximum atomic E-state index is 12.7. The second-order valence-corrected chi connectivity index (χ2v) is 6.70. The van der Waals surface area contributed by atoms with Gasteiger partial charge in [-0.3, -0.25) is 4.79 Å². The molecule has 0 radical (unpaired) electrons. The number of hydrogen-bond donors (Lipinski definition) is 0.